The summed E-state index contributed by atoms with van der Waals surface area (Å²) in [4.78, 5) is 7.46. The Morgan fingerprint density at radius 1 is 0.960 bits per heavy atom. The van der Waals surface area contributed by atoms with Crippen molar-refractivity contribution in [2.24, 2.45) is 0 Å². The number of rotatable bonds is 6. The van der Waals surface area contributed by atoms with Gasteiger partial charge in [0.1, 0.15) is 5.75 Å². The van der Waals surface area contributed by atoms with Crippen LogP contribution in [-0.4, -0.2) is 87.8 Å². The zero-order valence-corrected chi connectivity index (χ0v) is 16.1. The lowest BCUT2D eigenvalue weighted by Gasteiger charge is -2.37. The Labute approximate surface area is 152 Å². The van der Waals surface area contributed by atoms with Gasteiger partial charge in [0.2, 0.25) is 0 Å². The van der Waals surface area contributed by atoms with Crippen molar-refractivity contribution >= 4 is 0 Å². The number of hydrogen-bond acceptors (Lipinski definition) is 5. The van der Waals surface area contributed by atoms with E-state index in [2.05, 4.69) is 58.4 Å². The smallest absolute Gasteiger partial charge is 0.118 e. The number of nitrogens with zero attached hydrogens (tertiary/aromatic N) is 3. The fraction of sp³-hybridized carbons (Fsp3) is 0.700. The van der Waals surface area contributed by atoms with Crippen molar-refractivity contribution in [3.8, 4) is 5.75 Å². The van der Waals surface area contributed by atoms with Gasteiger partial charge in [-0.05, 0) is 57.7 Å². The Morgan fingerprint density at radius 2 is 1.56 bits per heavy atom. The van der Waals surface area contributed by atoms with Gasteiger partial charge in [-0.1, -0.05) is 12.1 Å². The molecule has 0 aliphatic carbocycles. The zero-order chi connectivity index (χ0) is 17.6. The number of piperidine rings is 1. The molecule has 5 nitrogen and oxygen atoms in total. The third kappa shape index (κ3) is 5.42. The molecule has 3 rings (SSSR count). The molecule has 1 unspecified atom stereocenters. The van der Waals surface area contributed by atoms with E-state index in [4.69, 9.17) is 4.74 Å². The van der Waals surface area contributed by atoms with Gasteiger partial charge in [-0.15, -0.1) is 0 Å². The van der Waals surface area contributed by atoms with Crippen LogP contribution in [0.25, 0.3) is 0 Å². The summed E-state index contributed by atoms with van der Waals surface area (Å²) < 4.78 is 5.33. The molecule has 0 spiro atoms. The molecule has 1 aromatic rings. The molecule has 1 atom stereocenters. The summed E-state index contributed by atoms with van der Waals surface area (Å²) >= 11 is 0. The fourth-order valence-electron chi connectivity index (χ4n) is 3.84. The first-order valence-corrected chi connectivity index (χ1v) is 9.63. The number of methoxy groups -OCH3 is 1. The summed E-state index contributed by atoms with van der Waals surface area (Å²) in [5.74, 6) is 0.932. The van der Waals surface area contributed by atoms with Crippen LogP contribution in [0.3, 0.4) is 0 Å². The van der Waals surface area contributed by atoms with Crippen LogP contribution in [0, 0.1) is 0 Å². The minimum Gasteiger partial charge on any atom is -0.497 e. The Bertz CT molecular complexity index is 481. The highest BCUT2D eigenvalue weighted by atomic mass is 16.5. The molecule has 25 heavy (non-hydrogen) atoms. The lowest BCUT2D eigenvalue weighted by atomic mass is 10.00. The fourth-order valence-corrected chi connectivity index (χ4v) is 3.84. The number of hydrogen-bond donors (Lipinski definition) is 1. The average molecular weight is 347 g/mol. The van der Waals surface area contributed by atoms with Gasteiger partial charge in [0.25, 0.3) is 0 Å². The predicted molar refractivity (Wildman–Crippen MR) is 103 cm³/mol. The number of nitrogens with one attached hydrogen (secondary N) is 1. The van der Waals surface area contributed by atoms with Crippen molar-refractivity contribution in [1.29, 1.82) is 0 Å². The second-order valence-electron chi connectivity index (χ2n) is 7.67. The minimum absolute atomic E-state index is 0.391. The molecule has 0 amide bonds. The summed E-state index contributed by atoms with van der Waals surface area (Å²) in [5, 5.41) is 3.97. The van der Waals surface area contributed by atoms with Gasteiger partial charge < -0.3 is 19.9 Å². The van der Waals surface area contributed by atoms with E-state index in [0.717, 1.165) is 25.4 Å². The summed E-state index contributed by atoms with van der Waals surface area (Å²) in [5.41, 5.74) is 1.37. The van der Waals surface area contributed by atoms with Crippen molar-refractivity contribution in [2.45, 2.75) is 24.9 Å². The maximum atomic E-state index is 5.33. The first kappa shape index (κ1) is 18.6. The summed E-state index contributed by atoms with van der Waals surface area (Å²) in [6, 6.07) is 9.63. The molecule has 2 saturated heterocycles. The van der Waals surface area contributed by atoms with E-state index in [1.807, 2.05) is 0 Å². The Kier molecular flexibility index (Phi) is 6.70. The summed E-state index contributed by atoms with van der Waals surface area (Å²) in [6.45, 7) is 8.15. The highest BCUT2D eigenvalue weighted by Gasteiger charge is 2.24. The molecule has 2 aliphatic rings. The zero-order valence-electron chi connectivity index (χ0n) is 16.1. The molecule has 1 N–H and O–H groups in total. The maximum Gasteiger partial charge on any atom is 0.118 e. The van der Waals surface area contributed by atoms with E-state index in [-0.39, 0.29) is 0 Å². The highest BCUT2D eigenvalue weighted by molar-refractivity contribution is 5.29. The summed E-state index contributed by atoms with van der Waals surface area (Å²) in [6.07, 6.45) is 2.48. The second kappa shape index (κ2) is 8.99. The Morgan fingerprint density at radius 3 is 2.16 bits per heavy atom. The van der Waals surface area contributed by atoms with E-state index in [1.165, 1.54) is 44.6 Å². The van der Waals surface area contributed by atoms with Crippen LogP contribution in [0.5, 0.6) is 5.75 Å². The molecule has 2 heterocycles. The Balaban J connectivity index is 1.66. The van der Waals surface area contributed by atoms with Gasteiger partial charge in [-0.2, -0.15) is 0 Å². The minimum atomic E-state index is 0.391. The van der Waals surface area contributed by atoms with Crippen LogP contribution in [-0.2, 0) is 0 Å². The van der Waals surface area contributed by atoms with Gasteiger partial charge in [-0.25, -0.2) is 0 Å². The van der Waals surface area contributed by atoms with Crippen LogP contribution in [0.15, 0.2) is 24.3 Å². The second-order valence-corrected chi connectivity index (χ2v) is 7.67. The molecule has 140 valence electrons. The molecule has 0 radical (unpaired) electrons. The number of ether oxygens (including phenoxy) is 1. The third-order valence-corrected chi connectivity index (χ3v) is 5.71. The number of likely N-dealkylation sites (N-methyl/N-ethyl adjacent to an activating group) is 1. The van der Waals surface area contributed by atoms with E-state index in [0.29, 0.717) is 12.1 Å². The van der Waals surface area contributed by atoms with Gasteiger partial charge in [0, 0.05) is 44.8 Å². The molecule has 2 fully saturated rings. The molecule has 0 bridgehead atoms. The molecule has 0 saturated carbocycles. The molecule has 1 aromatic carbocycles. The third-order valence-electron chi connectivity index (χ3n) is 5.71. The van der Waals surface area contributed by atoms with Gasteiger partial charge in [0.05, 0.1) is 7.11 Å². The van der Waals surface area contributed by atoms with Crippen molar-refractivity contribution < 1.29 is 4.74 Å². The first-order chi connectivity index (χ1) is 12.1. The Hall–Kier alpha value is -1.14. The van der Waals surface area contributed by atoms with Gasteiger partial charge in [-0.3, -0.25) is 4.90 Å². The van der Waals surface area contributed by atoms with Gasteiger partial charge >= 0.3 is 0 Å². The van der Waals surface area contributed by atoms with Crippen molar-refractivity contribution in [3.05, 3.63) is 29.8 Å². The molecular formula is C20H34N4O. The van der Waals surface area contributed by atoms with Gasteiger partial charge in [0.15, 0.2) is 0 Å². The number of likely N-dealkylation sites (tertiary alicyclic amines) is 1. The highest BCUT2D eigenvalue weighted by Crippen LogP contribution is 2.22. The number of piperazine rings is 1. The largest absolute Gasteiger partial charge is 0.497 e. The molecule has 2 aliphatic heterocycles. The lowest BCUT2D eigenvalue weighted by Crippen LogP contribution is -2.49. The van der Waals surface area contributed by atoms with E-state index in [1.54, 1.807) is 7.11 Å². The van der Waals surface area contributed by atoms with E-state index in [9.17, 15) is 0 Å². The van der Waals surface area contributed by atoms with Crippen LogP contribution in [0.4, 0.5) is 0 Å². The molecule has 5 heteroatoms. The quantitative estimate of drug-likeness (QED) is 0.847. The predicted octanol–water partition coefficient (Wildman–Crippen LogP) is 1.67. The van der Waals surface area contributed by atoms with Crippen molar-refractivity contribution in [3.63, 3.8) is 0 Å². The van der Waals surface area contributed by atoms with Crippen molar-refractivity contribution in [1.82, 2.24) is 20.0 Å². The van der Waals surface area contributed by atoms with Crippen LogP contribution in [0.1, 0.15) is 24.4 Å². The van der Waals surface area contributed by atoms with Crippen molar-refractivity contribution in [2.75, 3.05) is 67.0 Å². The monoisotopic (exact) mass is 346 g/mol. The topological polar surface area (TPSA) is 31.0 Å². The van der Waals surface area contributed by atoms with E-state index < -0.39 is 0 Å². The van der Waals surface area contributed by atoms with Crippen LogP contribution in [0.2, 0.25) is 0 Å². The first-order valence-electron chi connectivity index (χ1n) is 9.63. The SMILES string of the molecule is COc1ccc(C(CN2CCN(C)CC2)NC2CCN(C)CC2)cc1. The normalized spacial score (nSPS) is 22.8. The molecule has 0 aromatic heterocycles. The summed E-state index contributed by atoms with van der Waals surface area (Å²) in [7, 11) is 6.17. The van der Waals surface area contributed by atoms with Crippen LogP contribution >= 0.6 is 0 Å². The maximum absolute atomic E-state index is 5.33. The molecular weight excluding hydrogens is 312 g/mol. The van der Waals surface area contributed by atoms with Crippen LogP contribution < -0.4 is 10.1 Å². The standard InChI is InChI=1S/C20H34N4O/c1-22-10-8-18(9-11-22)21-20(16-24-14-12-23(2)13-15-24)17-4-6-19(25-3)7-5-17/h4-7,18,20-21H,8-16H2,1-3H3. The number of benzene rings is 1. The lowest BCUT2D eigenvalue weighted by molar-refractivity contribution is 0.135. The van der Waals surface area contributed by atoms with E-state index >= 15 is 0 Å². The average Bonchev–Trinajstić information content (AvgIpc) is 2.65.